The van der Waals surface area contributed by atoms with Gasteiger partial charge in [0, 0.05) is 24.7 Å². The summed E-state index contributed by atoms with van der Waals surface area (Å²) in [6.07, 6.45) is 0. The summed E-state index contributed by atoms with van der Waals surface area (Å²) in [5.74, 6) is -0.998. The molecule has 0 aliphatic carbocycles. The Kier molecular flexibility index (Phi) is 5.45. The summed E-state index contributed by atoms with van der Waals surface area (Å²) >= 11 is 5.72. The molecule has 1 N–H and O–H groups in total. The van der Waals surface area contributed by atoms with E-state index in [1.807, 2.05) is 0 Å². The van der Waals surface area contributed by atoms with E-state index in [1.54, 1.807) is 14.0 Å². The lowest BCUT2D eigenvalue weighted by molar-refractivity contribution is -0.385. The van der Waals surface area contributed by atoms with Gasteiger partial charge < -0.3 is 10.2 Å². The lowest BCUT2D eigenvalue weighted by Crippen LogP contribution is -2.38. The van der Waals surface area contributed by atoms with Crippen LogP contribution in [0, 0.1) is 10.1 Å². The zero-order valence-electron chi connectivity index (χ0n) is 11.1. The molecule has 1 aromatic carbocycles. The molecule has 1 aromatic rings. The number of halogens is 1. The minimum atomic E-state index is -0.711. The van der Waals surface area contributed by atoms with Crippen molar-refractivity contribution in [2.24, 2.45) is 0 Å². The molecule has 0 atom stereocenters. The largest absolute Gasteiger partial charge is 0.345 e. The number of hydrogen-bond acceptors (Lipinski definition) is 4. The molecule has 0 bridgehead atoms. The second kappa shape index (κ2) is 6.85. The van der Waals surface area contributed by atoms with Gasteiger partial charge in [0.15, 0.2) is 0 Å². The van der Waals surface area contributed by atoms with E-state index in [0.29, 0.717) is 6.54 Å². The van der Waals surface area contributed by atoms with Crippen LogP contribution in [0.25, 0.3) is 0 Å². The van der Waals surface area contributed by atoms with Gasteiger partial charge in [-0.05, 0) is 19.1 Å². The van der Waals surface area contributed by atoms with Gasteiger partial charge in [-0.1, -0.05) is 11.6 Å². The molecule has 0 heterocycles. The predicted octanol–water partition coefficient (Wildman–Crippen LogP) is 1.46. The van der Waals surface area contributed by atoms with Crippen LogP contribution in [0.5, 0.6) is 0 Å². The Hall–Kier alpha value is -2.15. The fraction of sp³-hybridized carbons (Fsp3) is 0.333. The van der Waals surface area contributed by atoms with Crippen LogP contribution < -0.4 is 5.32 Å². The Morgan fingerprint density at radius 3 is 2.65 bits per heavy atom. The minimum Gasteiger partial charge on any atom is -0.345 e. The summed E-state index contributed by atoms with van der Waals surface area (Å²) in [4.78, 5) is 35.0. The zero-order valence-corrected chi connectivity index (χ0v) is 11.8. The van der Waals surface area contributed by atoms with Crippen LogP contribution in [-0.2, 0) is 4.79 Å². The van der Waals surface area contributed by atoms with Crippen LogP contribution in [0.2, 0.25) is 5.02 Å². The highest BCUT2D eigenvalue weighted by molar-refractivity contribution is 6.31. The second-order valence-electron chi connectivity index (χ2n) is 4.01. The number of nitro benzene ring substituents is 1. The number of likely N-dealkylation sites (N-methyl/N-ethyl adjacent to an activating group) is 1. The monoisotopic (exact) mass is 299 g/mol. The molecule has 0 aromatic heterocycles. The summed E-state index contributed by atoms with van der Waals surface area (Å²) in [6.45, 7) is 2.07. The lowest BCUT2D eigenvalue weighted by atomic mass is 10.1. The average Bonchev–Trinajstić information content (AvgIpc) is 2.42. The molecule has 108 valence electrons. The third-order valence-corrected chi connectivity index (χ3v) is 2.94. The number of carbonyl (C=O) groups is 2. The molecule has 0 spiro atoms. The topological polar surface area (TPSA) is 92.6 Å². The van der Waals surface area contributed by atoms with Gasteiger partial charge in [0.2, 0.25) is 5.91 Å². The van der Waals surface area contributed by atoms with Crippen LogP contribution in [0.4, 0.5) is 5.69 Å². The fourth-order valence-electron chi connectivity index (χ4n) is 1.41. The number of benzene rings is 1. The average molecular weight is 300 g/mol. The first kappa shape index (κ1) is 15.9. The first-order valence-corrected chi connectivity index (χ1v) is 6.20. The molecule has 8 heteroatoms. The van der Waals surface area contributed by atoms with Crippen LogP contribution in [0.3, 0.4) is 0 Å². The molecule has 0 unspecified atom stereocenters. The van der Waals surface area contributed by atoms with E-state index in [4.69, 9.17) is 11.6 Å². The highest BCUT2D eigenvalue weighted by atomic mass is 35.5. The van der Waals surface area contributed by atoms with Gasteiger partial charge in [0.05, 0.1) is 11.5 Å². The van der Waals surface area contributed by atoms with Crippen LogP contribution in [-0.4, -0.2) is 41.8 Å². The highest BCUT2D eigenvalue weighted by Crippen LogP contribution is 2.22. The smallest absolute Gasteiger partial charge is 0.282 e. The van der Waals surface area contributed by atoms with E-state index in [0.717, 1.165) is 6.07 Å². The normalized spacial score (nSPS) is 9.95. The Labute approximate surface area is 120 Å². The third kappa shape index (κ3) is 3.92. The molecule has 2 amide bonds. The highest BCUT2D eigenvalue weighted by Gasteiger charge is 2.21. The first-order chi connectivity index (χ1) is 9.36. The molecular weight excluding hydrogens is 286 g/mol. The van der Waals surface area contributed by atoms with Crippen molar-refractivity contribution < 1.29 is 14.5 Å². The molecule has 0 fully saturated rings. The van der Waals surface area contributed by atoms with Crippen molar-refractivity contribution in [2.45, 2.75) is 6.92 Å². The van der Waals surface area contributed by atoms with Gasteiger partial charge in [-0.25, -0.2) is 0 Å². The molecule has 20 heavy (non-hydrogen) atoms. The number of rotatable bonds is 5. The van der Waals surface area contributed by atoms with Crippen LogP contribution in [0.1, 0.15) is 17.3 Å². The SMILES string of the molecule is CCN(C)C(=O)CNC(=O)c1cc(Cl)ccc1[N+](=O)[O-]. The maximum atomic E-state index is 11.9. The molecule has 7 nitrogen and oxygen atoms in total. The molecule has 0 radical (unpaired) electrons. The van der Waals surface area contributed by atoms with Gasteiger partial charge in [0.25, 0.3) is 11.6 Å². The van der Waals surface area contributed by atoms with Crippen molar-refractivity contribution in [2.75, 3.05) is 20.1 Å². The van der Waals surface area contributed by atoms with Crippen molar-refractivity contribution in [1.82, 2.24) is 10.2 Å². The summed E-state index contributed by atoms with van der Waals surface area (Å²) in [7, 11) is 1.59. The molecule has 0 aliphatic heterocycles. The maximum Gasteiger partial charge on any atom is 0.282 e. The summed E-state index contributed by atoms with van der Waals surface area (Å²) < 4.78 is 0. The van der Waals surface area contributed by atoms with E-state index in [9.17, 15) is 19.7 Å². The van der Waals surface area contributed by atoms with Gasteiger partial charge in [-0.2, -0.15) is 0 Å². The van der Waals surface area contributed by atoms with E-state index in [2.05, 4.69) is 5.32 Å². The Bertz CT molecular complexity index is 548. The molecule has 0 aliphatic rings. The van der Waals surface area contributed by atoms with Gasteiger partial charge in [0.1, 0.15) is 5.56 Å². The predicted molar refractivity (Wildman–Crippen MR) is 73.8 cm³/mol. The second-order valence-corrected chi connectivity index (χ2v) is 4.45. The molecular formula is C12H14ClN3O4. The Morgan fingerprint density at radius 2 is 2.10 bits per heavy atom. The van der Waals surface area contributed by atoms with Crippen molar-refractivity contribution in [1.29, 1.82) is 0 Å². The Morgan fingerprint density at radius 1 is 1.45 bits per heavy atom. The van der Waals surface area contributed by atoms with E-state index in [-0.39, 0.29) is 28.7 Å². The van der Waals surface area contributed by atoms with Crippen molar-refractivity contribution in [3.8, 4) is 0 Å². The number of nitro groups is 1. The standard InChI is InChI=1S/C12H14ClN3O4/c1-3-15(2)11(17)7-14-12(18)9-6-8(13)4-5-10(9)16(19)20/h4-6H,3,7H2,1-2H3,(H,14,18). The lowest BCUT2D eigenvalue weighted by Gasteiger charge is -2.14. The number of amides is 2. The summed E-state index contributed by atoms with van der Waals surface area (Å²) in [6, 6.07) is 3.67. The quantitative estimate of drug-likeness (QED) is 0.658. The van der Waals surface area contributed by atoms with Crippen LogP contribution >= 0.6 is 11.6 Å². The molecule has 0 saturated heterocycles. The van der Waals surface area contributed by atoms with E-state index >= 15 is 0 Å². The number of hydrogen-bond donors (Lipinski definition) is 1. The number of carbonyl (C=O) groups excluding carboxylic acids is 2. The minimum absolute atomic E-state index is 0.172. The van der Waals surface area contributed by atoms with Crippen LogP contribution in [0.15, 0.2) is 18.2 Å². The van der Waals surface area contributed by atoms with Crippen molar-refractivity contribution >= 4 is 29.1 Å². The zero-order chi connectivity index (χ0) is 15.3. The summed E-state index contributed by atoms with van der Waals surface area (Å²) in [5, 5.41) is 13.4. The van der Waals surface area contributed by atoms with Gasteiger partial charge in [-0.3, -0.25) is 19.7 Å². The first-order valence-electron chi connectivity index (χ1n) is 5.83. The molecule has 1 rings (SSSR count). The molecule has 0 saturated carbocycles. The number of nitrogens with one attached hydrogen (secondary N) is 1. The van der Waals surface area contributed by atoms with E-state index in [1.165, 1.54) is 17.0 Å². The van der Waals surface area contributed by atoms with Gasteiger partial charge in [-0.15, -0.1) is 0 Å². The van der Waals surface area contributed by atoms with Crippen molar-refractivity contribution in [3.63, 3.8) is 0 Å². The maximum absolute atomic E-state index is 11.9. The third-order valence-electron chi connectivity index (χ3n) is 2.70. The summed E-state index contributed by atoms with van der Waals surface area (Å²) in [5.41, 5.74) is -0.530. The van der Waals surface area contributed by atoms with E-state index < -0.39 is 10.8 Å². The fourth-order valence-corrected chi connectivity index (χ4v) is 1.58. The number of nitrogens with zero attached hydrogens (tertiary/aromatic N) is 2. The Balaban J connectivity index is 2.85. The van der Waals surface area contributed by atoms with Gasteiger partial charge >= 0.3 is 0 Å². The van der Waals surface area contributed by atoms with Crippen molar-refractivity contribution in [3.05, 3.63) is 38.9 Å².